The Balaban J connectivity index is 0.00000176. The number of hydrogen-bond donors (Lipinski definition) is 0. The second kappa shape index (κ2) is 12.7. The first-order chi connectivity index (χ1) is 17.1. The highest BCUT2D eigenvalue weighted by Gasteiger charge is 2.30. The van der Waals surface area contributed by atoms with Gasteiger partial charge in [0.2, 0.25) is 0 Å². The molecule has 4 nitrogen and oxygen atoms in total. The molecule has 1 unspecified atom stereocenters. The van der Waals surface area contributed by atoms with Gasteiger partial charge in [-0.3, -0.25) is 4.90 Å². The number of rotatable bonds is 7. The molecule has 2 aromatic rings. The largest absolute Gasteiger partial charge is 0.493 e. The Morgan fingerprint density at radius 2 is 1.61 bits per heavy atom. The maximum Gasteiger partial charge on any atom is 0.338 e. The molecule has 0 aromatic heterocycles. The molecule has 4 rings (SSSR count). The van der Waals surface area contributed by atoms with Gasteiger partial charge in [0.15, 0.2) is 0 Å². The van der Waals surface area contributed by atoms with Gasteiger partial charge in [-0.15, -0.1) is 0 Å². The molecule has 1 atom stereocenters. The molecule has 2 fully saturated rings. The van der Waals surface area contributed by atoms with Gasteiger partial charge < -0.3 is 9.47 Å². The van der Waals surface area contributed by atoms with E-state index in [-0.39, 0.29) is 12.0 Å². The van der Waals surface area contributed by atoms with Crippen molar-refractivity contribution in [2.45, 2.75) is 84.8 Å². The zero-order valence-electron chi connectivity index (χ0n) is 22.6. The monoisotopic (exact) mass is 533 g/mol. The van der Waals surface area contributed by atoms with Gasteiger partial charge >= 0.3 is 5.97 Å². The molecule has 1 heterocycles. The quantitative estimate of drug-likeness (QED) is 0.333. The molecule has 0 amide bonds. The van der Waals surface area contributed by atoms with Crippen LogP contribution in [0.3, 0.4) is 0 Å². The van der Waals surface area contributed by atoms with Crippen molar-refractivity contribution < 1.29 is 14.3 Å². The predicted octanol–water partition coefficient (Wildman–Crippen LogP) is 8.70. The van der Waals surface area contributed by atoms with Crippen molar-refractivity contribution in [2.75, 3.05) is 19.7 Å². The second-order valence-corrected chi connectivity index (χ2v) is 11.6. The summed E-state index contributed by atoms with van der Waals surface area (Å²) in [6.07, 6.45) is 4.48. The van der Waals surface area contributed by atoms with Gasteiger partial charge in [0.1, 0.15) is 11.4 Å². The van der Waals surface area contributed by atoms with Crippen molar-refractivity contribution in [1.82, 2.24) is 4.90 Å². The highest BCUT2D eigenvalue weighted by Crippen LogP contribution is 2.45. The Kier molecular flexibility index (Phi) is 10.1. The molecule has 2 aromatic carbocycles. The SMILES string of the molecule is CC.CC(c1cc(Cl)cc(Cl)c1)N1CCC(COc2ccc(C(=O)OC(C)(C)C)cc2C2CC2)CC1. The number of carbonyl (C=O) groups excluding carboxylic acids is 1. The molecular weight excluding hydrogens is 493 g/mol. The third-order valence-electron chi connectivity index (χ3n) is 6.70. The smallest absolute Gasteiger partial charge is 0.338 e. The van der Waals surface area contributed by atoms with Crippen molar-refractivity contribution in [2.24, 2.45) is 5.92 Å². The molecule has 6 heteroatoms. The van der Waals surface area contributed by atoms with Gasteiger partial charge in [0.25, 0.3) is 0 Å². The summed E-state index contributed by atoms with van der Waals surface area (Å²) in [6, 6.07) is 11.8. The summed E-state index contributed by atoms with van der Waals surface area (Å²) >= 11 is 12.4. The van der Waals surface area contributed by atoms with Crippen LogP contribution >= 0.6 is 23.2 Å². The summed E-state index contributed by atoms with van der Waals surface area (Å²) in [7, 11) is 0. The lowest BCUT2D eigenvalue weighted by Crippen LogP contribution is -2.37. The summed E-state index contributed by atoms with van der Waals surface area (Å²) in [4.78, 5) is 15.0. The van der Waals surface area contributed by atoms with Crippen LogP contribution < -0.4 is 4.74 Å². The van der Waals surface area contributed by atoms with Crippen LogP contribution in [0.15, 0.2) is 36.4 Å². The van der Waals surface area contributed by atoms with Crippen LogP contribution in [0.1, 0.15) is 101 Å². The minimum Gasteiger partial charge on any atom is -0.493 e. The molecule has 0 bridgehead atoms. The van der Waals surface area contributed by atoms with Crippen LogP contribution in [-0.2, 0) is 4.74 Å². The van der Waals surface area contributed by atoms with Crippen LogP contribution in [0.25, 0.3) is 0 Å². The van der Waals surface area contributed by atoms with Crippen LogP contribution in [0.4, 0.5) is 0 Å². The number of benzene rings is 2. The molecule has 2 aliphatic rings. The standard InChI is InChI=1S/C28H35Cl2NO3.C2H6/c1-18(22-13-23(29)16-24(30)14-22)31-11-9-19(10-12-31)17-33-26-8-7-21(15-25(26)20-5-6-20)27(32)34-28(2,3)4;1-2/h7-8,13-16,18-20H,5-6,9-12,17H2,1-4H3;1-2H3. The van der Waals surface area contributed by atoms with E-state index in [0.29, 0.717) is 34.1 Å². The van der Waals surface area contributed by atoms with E-state index < -0.39 is 5.60 Å². The molecule has 1 aliphatic heterocycles. The first-order valence-corrected chi connectivity index (χ1v) is 14.0. The third-order valence-corrected chi connectivity index (χ3v) is 7.14. The maximum atomic E-state index is 12.5. The van der Waals surface area contributed by atoms with Crippen molar-refractivity contribution >= 4 is 29.2 Å². The molecule has 0 spiro atoms. The lowest BCUT2D eigenvalue weighted by molar-refractivity contribution is 0.00693. The lowest BCUT2D eigenvalue weighted by Gasteiger charge is -2.36. The maximum absolute atomic E-state index is 12.5. The molecule has 198 valence electrons. The van der Waals surface area contributed by atoms with E-state index in [1.807, 2.05) is 65.0 Å². The number of carbonyl (C=O) groups is 1. The Morgan fingerprint density at radius 3 is 2.17 bits per heavy atom. The number of likely N-dealkylation sites (tertiary alicyclic amines) is 1. The van der Waals surface area contributed by atoms with Gasteiger partial charge in [-0.1, -0.05) is 37.0 Å². The normalized spacial score (nSPS) is 17.7. The fraction of sp³-hybridized carbons (Fsp3) is 0.567. The van der Waals surface area contributed by atoms with E-state index in [0.717, 1.165) is 55.6 Å². The van der Waals surface area contributed by atoms with Crippen LogP contribution in [0, 0.1) is 5.92 Å². The first kappa shape index (κ1) is 28.8. The van der Waals surface area contributed by atoms with Crippen molar-refractivity contribution in [3.05, 3.63) is 63.1 Å². The number of halogens is 2. The Morgan fingerprint density at radius 1 is 1.00 bits per heavy atom. The van der Waals surface area contributed by atoms with Crippen molar-refractivity contribution in [3.8, 4) is 5.75 Å². The van der Waals surface area contributed by atoms with Gasteiger partial charge in [-0.25, -0.2) is 4.79 Å². The van der Waals surface area contributed by atoms with Crippen LogP contribution in [0.2, 0.25) is 10.0 Å². The highest BCUT2D eigenvalue weighted by molar-refractivity contribution is 6.34. The van der Waals surface area contributed by atoms with Gasteiger partial charge in [0.05, 0.1) is 12.2 Å². The van der Waals surface area contributed by atoms with E-state index in [1.165, 1.54) is 0 Å². The van der Waals surface area contributed by atoms with E-state index in [2.05, 4.69) is 11.8 Å². The molecule has 1 aliphatic carbocycles. The fourth-order valence-electron chi connectivity index (χ4n) is 4.60. The molecule has 36 heavy (non-hydrogen) atoms. The minimum absolute atomic E-state index is 0.275. The van der Waals surface area contributed by atoms with E-state index >= 15 is 0 Å². The second-order valence-electron chi connectivity index (χ2n) is 10.7. The first-order valence-electron chi connectivity index (χ1n) is 13.3. The Bertz CT molecular complexity index is 1000. The Labute approximate surface area is 227 Å². The van der Waals surface area contributed by atoms with E-state index in [1.54, 1.807) is 6.07 Å². The molecule has 0 radical (unpaired) electrons. The number of ether oxygens (including phenoxy) is 2. The molecule has 1 saturated carbocycles. The average Bonchev–Trinajstić information content (AvgIpc) is 3.67. The van der Waals surface area contributed by atoms with Crippen molar-refractivity contribution in [1.29, 1.82) is 0 Å². The zero-order chi connectivity index (χ0) is 26.5. The minimum atomic E-state index is -0.503. The number of piperidine rings is 1. The number of nitrogens with zero attached hydrogens (tertiary/aromatic N) is 1. The van der Waals surface area contributed by atoms with Crippen LogP contribution in [0.5, 0.6) is 5.75 Å². The van der Waals surface area contributed by atoms with E-state index in [4.69, 9.17) is 32.7 Å². The summed E-state index contributed by atoms with van der Waals surface area (Å²) < 4.78 is 11.9. The number of hydrogen-bond acceptors (Lipinski definition) is 4. The summed E-state index contributed by atoms with van der Waals surface area (Å²) in [6.45, 7) is 14.6. The summed E-state index contributed by atoms with van der Waals surface area (Å²) in [5.41, 5.74) is 2.41. The molecule has 1 saturated heterocycles. The Hall–Kier alpha value is -1.75. The molecular formula is C30H41Cl2NO3. The van der Waals surface area contributed by atoms with Gasteiger partial charge in [-0.2, -0.15) is 0 Å². The third kappa shape index (κ3) is 8.13. The fourth-order valence-corrected chi connectivity index (χ4v) is 5.14. The zero-order valence-corrected chi connectivity index (χ0v) is 24.1. The predicted molar refractivity (Wildman–Crippen MR) is 150 cm³/mol. The van der Waals surface area contributed by atoms with E-state index in [9.17, 15) is 4.79 Å². The highest BCUT2D eigenvalue weighted by atomic mass is 35.5. The lowest BCUT2D eigenvalue weighted by atomic mass is 9.95. The van der Waals surface area contributed by atoms with Gasteiger partial charge in [-0.05, 0) is 126 Å². The van der Waals surface area contributed by atoms with Gasteiger partial charge in [0, 0.05) is 16.1 Å². The van der Waals surface area contributed by atoms with Crippen molar-refractivity contribution in [3.63, 3.8) is 0 Å². The average molecular weight is 535 g/mol. The topological polar surface area (TPSA) is 38.8 Å². The van der Waals surface area contributed by atoms with Crippen LogP contribution in [-0.4, -0.2) is 36.2 Å². The summed E-state index contributed by atoms with van der Waals surface area (Å²) in [5, 5.41) is 1.36. The summed E-state index contributed by atoms with van der Waals surface area (Å²) in [5.74, 6) is 1.65. The number of esters is 1. The molecule has 0 N–H and O–H groups in total.